The third kappa shape index (κ3) is 2.81. The van der Waals surface area contributed by atoms with Crippen molar-refractivity contribution >= 4 is 5.91 Å². The molecule has 6 nitrogen and oxygen atoms in total. The molecule has 0 saturated heterocycles. The van der Waals surface area contributed by atoms with E-state index in [1.807, 2.05) is 6.92 Å². The van der Waals surface area contributed by atoms with Gasteiger partial charge in [-0.3, -0.25) is 4.79 Å². The number of nitrogens with two attached hydrogens (primary N) is 1. The van der Waals surface area contributed by atoms with Crippen LogP contribution in [0.5, 0.6) is 0 Å². The average molecular weight is 197 g/mol. The van der Waals surface area contributed by atoms with Crippen LogP contribution in [0.15, 0.2) is 6.20 Å². The summed E-state index contributed by atoms with van der Waals surface area (Å²) in [5, 5.41) is 9.68. The lowest BCUT2D eigenvalue weighted by Crippen LogP contribution is -2.31. The first-order valence-corrected chi connectivity index (χ1v) is 4.48. The highest BCUT2D eigenvalue weighted by Crippen LogP contribution is 1.98. The van der Waals surface area contributed by atoms with Crippen LogP contribution in [0.25, 0.3) is 0 Å². The van der Waals surface area contributed by atoms with Crippen LogP contribution in [0.4, 0.5) is 0 Å². The van der Waals surface area contributed by atoms with Crippen molar-refractivity contribution in [2.45, 2.75) is 19.4 Å². The number of aromatic nitrogens is 3. The number of nitrogens with zero attached hydrogens (tertiary/aromatic N) is 3. The van der Waals surface area contributed by atoms with Crippen LogP contribution in [-0.4, -0.2) is 45.9 Å². The minimum Gasteiger partial charge on any atom is -0.340 e. The predicted octanol–water partition coefficient (Wildman–Crippen LogP) is -0.386. The summed E-state index contributed by atoms with van der Waals surface area (Å²) < 4.78 is 0. The first-order chi connectivity index (χ1) is 6.61. The van der Waals surface area contributed by atoms with Crippen molar-refractivity contribution in [1.29, 1.82) is 0 Å². The molecule has 1 heterocycles. The molecule has 0 saturated carbocycles. The second-order valence-electron chi connectivity index (χ2n) is 3.35. The predicted molar refractivity (Wildman–Crippen MR) is 51.6 cm³/mol. The van der Waals surface area contributed by atoms with Gasteiger partial charge in [0, 0.05) is 19.6 Å². The Kier molecular flexibility index (Phi) is 3.58. The van der Waals surface area contributed by atoms with Crippen LogP contribution >= 0.6 is 0 Å². The van der Waals surface area contributed by atoms with Gasteiger partial charge < -0.3 is 10.6 Å². The number of nitrogens with one attached hydrogen (secondary N) is 1. The van der Waals surface area contributed by atoms with Gasteiger partial charge in [0.15, 0.2) is 5.69 Å². The summed E-state index contributed by atoms with van der Waals surface area (Å²) in [4.78, 5) is 13.2. The lowest BCUT2D eigenvalue weighted by molar-refractivity contribution is 0.0786. The van der Waals surface area contributed by atoms with E-state index < -0.39 is 0 Å². The van der Waals surface area contributed by atoms with Crippen molar-refractivity contribution in [3.63, 3.8) is 0 Å². The van der Waals surface area contributed by atoms with Gasteiger partial charge in [-0.15, -0.1) is 0 Å². The molecule has 1 atom stereocenters. The first-order valence-electron chi connectivity index (χ1n) is 4.48. The quantitative estimate of drug-likeness (QED) is 0.688. The number of carbonyl (C=O) groups excluding carboxylic acids is 1. The smallest absolute Gasteiger partial charge is 0.275 e. The normalized spacial score (nSPS) is 12.5. The molecule has 0 aliphatic rings. The molecule has 1 aromatic rings. The maximum absolute atomic E-state index is 11.6. The molecule has 1 aromatic heterocycles. The molecule has 0 aromatic carbocycles. The third-order valence-corrected chi connectivity index (χ3v) is 1.90. The van der Waals surface area contributed by atoms with Gasteiger partial charge in [0.2, 0.25) is 0 Å². The van der Waals surface area contributed by atoms with Gasteiger partial charge in [-0.1, -0.05) is 0 Å². The number of hydrogen-bond acceptors (Lipinski definition) is 4. The van der Waals surface area contributed by atoms with E-state index in [0.717, 1.165) is 6.42 Å². The Bertz CT molecular complexity index is 282. The van der Waals surface area contributed by atoms with Gasteiger partial charge in [0.1, 0.15) is 0 Å². The highest BCUT2D eigenvalue weighted by Gasteiger charge is 2.13. The van der Waals surface area contributed by atoms with Crippen LogP contribution in [0.2, 0.25) is 0 Å². The summed E-state index contributed by atoms with van der Waals surface area (Å²) in [6.45, 7) is 2.54. The minimum atomic E-state index is -0.139. The molecule has 3 N–H and O–H groups in total. The average Bonchev–Trinajstić information content (AvgIpc) is 2.65. The zero-order valence-corrected chi connectivity index (χ0v) is 8.40. The molecule has 0 fully saturated rings. The molecule has 0 aliphatic heterocycles. The number of hydrogen-bond donors (Lipinski definition) is 2. The van der Waals surface area contributed by atoms with E-state index >= 15 is 0 Å². The van der Waals surface area contributed by atoms with E-state index in [4.69, 9.17) is 5.73 Å². The highest BCUT2D eigenvalue weighted by atomic mass is 16.2. The largest absolute Gasteiger partial charge is 0.340 e. The standard InChI is InChI=1S/C8H15N5O/c1-6(9)3-4-13(2)8(14)7-5-10-12-11-7/h5-6H,3-4,9H2,1-2H3,(H,10,11,12). The maximum atomic E-state index is 11.6. The number of aromatic amines is 1. The van der Waals surface area contributed by atoms with Crippen LogP contribution in [-0.2, 0) is 0 Å². The first kappa shape index (κ1) is 10.6. The number of carbonyl (C=O) groups is 1. The van der Waals surface area contributed by atoms with Gasteiger partial charge in [-0.05, 0) is 13.3 Å². The number of H-pyrrole nitrogens is 1. The molecule has 0 spiro atoms. The fourth-order valence-corrected chi connectivity index (χ4v) is 0.999. The number of rotatable bonds is 4. The van der Waals surface area contributed by atoms with E-state index in [0.29, 0.717) is 12.2 Å². The molecular weight excluding hydrogens is 182 g/mol. The summed E-state index contributed by atoms with van der Waals surface area (Å²) in [6, 6.07) is 0.0996. The van der Waals surface area contributed by atoms with Gasteiger partial charge >= 0.3 is 0 Å². The molecule has 1 unspecified atom stereocenters. The minimum absolute atomic E-state index is 0.0996. The van der Waals surface area contributed by atoms with Gasteiger partial charge in [-0.25, -0.2) is 0 Å². The summed E-state index contributed by atoms with van der Waals surface area (Å²) in [5.41, 5.74) is 5.92. The Morgan fingerprint density at radius 2 is 2.50 bits per heavy atom. The molecule has 78 valence electrons. The zero-order chi connectivity index (χ0) is 10.6. The van der Waals surface area contributed by atoms with E-state index in [1.165, 1.54) is 6.20 Å². The molecule has 6 heteroatoms. The number of amides is 1. The van der Waals surface area contributed by atoms with Gasteiger partial charge in [0.25, 0.3) is 5.91 Å². The molecule has 14 heavy (non-hydrogen) atoms. The van der Waals surface area contributed by atoms with Crippen LogP contribution in [0, 0.1) is 0 Å². The van der Waals surface area contributed by atoms with E-state index in [1.54, 1.807) is 11.9 Å². The van der Waals surface area contributed by atoms with Crippen molar-refractivity contribution in [3.8, 4) is 0 Å². The topological polar surface area (TPSA) is 87.9 Å². The van der Waals surface area contributed by atoms with Crippen molar-refractivity contribution in [1.82, 2.24) is 20.3 Å². The van der Waals surface area contributed by atoms with E-state index in [-0.39, 0.29) is 11.9 Å². The van der Waals surface area contributed by atoms with Crippen molar-refractivity contribution in [2.24, 2.45) is 5.73 Å². The van der Waals surface area contributed by atoms with Crippen LogP contribution < -0.4 is 5.73 Å². The SMILES string of the molecule is CC(N)CCN(C)C(=O)c1cn[nH]n1. The lowest BCUT2D eigenvalue weighted by Gasteiger charge is -2.16. The Balaban J connectivity index is 2.45. The van der Waals surface area contributed by atoms with E-state index in [9.17, 15) is 4.79 Å². The summed E-state index contributed by atoms with van der Waals surface area (Å²) in [5.74, 6) is -0.139. The van der Waals surface area contributed by atoms with Gasteiger partial charge in [0.05, 0.1) is 6.20 Å². The Morgan fingerprint density at radius 3 is 3.00 bits per heavy atom. The fourth-order valence-electron chi connectivity index (χ4n) is 0.999. The molecule has 0 aliphatic carbocycles. The summed E-state index contributed by atoms with van der Waals surface area (Å²) >= 11 is 0. The molecule has 0 radical (unpaired) electrons. The fraction of sp³-hybridized carbons (Fsp3) is 0.625. The third-order valence-electron chi connectivity index (χ3n) is 1.90. The highest BCUT2D eigenvalue weighted by molar-refractivity contribution is 5.91. The molecule has 1 amide bonds. The monoisotopic (exact) mass is 197 g/mol. The van der Waals surface area contributed by atoms with E-state index in [2.05, 4.69) is 15.4 Å². The Morgan fingerprint density at radius 1 is 1.79 bits per heavy atom. The lowest BCUT2D eigenvalue weighted by atomic mass is 10.2. The second-order valence-corrected chi connectivity index (χ2v) is 3.35. The molecule has 1 rings (SSSR count). The maximum Gasteiger partial charge on any atom is 0.275 e. The van der Waals surface area contributed by atoms with Crippen molar-refractivity contribution in [3.05, 3.63) is 11.9 Å². The van der Waals surface area contributed by atoms with Gasteiger partial charge in [-0.2, -0.15) is 15.4 Å². The molecule has 0 bridgehead atoms. The van der Waals surface area contributed by atoms with Crippen LogP contribution in [0.3, 0.4) is 0 Å². The van der Waals surface area contributed by atoms with Crippen molar-refractivity contribution in [2.75, 3.05) is 13.6 Å². The second kappa shape index (κ2) is 4.71. The van der Waals surface area contributed by atoms with Crippen LogP contribution in [0.1, 0.15) is 23.8 Å². The zero-order valence-electron chi connectivity index (χ0n) is 8.40. The summed E-state index contributed by atoms with van der Waals surface area (Å²) in [7, 11) is 1.72. The molecular formula is C8H15N5O. The summed E-state index contributed by atoms with van der Waals surface area (Å²) in [6.07, 6.45) is 2.19. The Hall–Kier alpha value is -1.43. The Labute approximate surface area is 82.5 Å². The van der Waals surface area contributed by atoms with Crippen molar-refractivity contribution < 1.29 is 4.79 Å².